The van der Waals surface area contributed by atoms with E-state index in [1.807, 2.05) is 19.1 Å². The topological polar surface area (TPSA) is 29.5 Å². The molecule has 1 aromatic rings. The predicted molar refractivity (Wildman–Crippen MR) is 69.7 cm³/mol. The average Bonchev–Trinajstić information content (AvgIpc) is 2.41. The van der Waals surface area contributed by atoms with Gasteiger partial charge in [0.2, 0.25) is 0 Å². The number of fused-ring (bicyclic) bond motifs is 1. The molecule has 18 heavy (non-hydrogen) atoms. The number of Topliss-reactive ketones (excluding diaryl/α,β-unsaturated/α-hetero) is 1. The summed E-state index contributed by atoms with van der Waals surface area (Å²) >= 11 is 0. The van der Waals surface area contributed by atoms with Crippen molar-refractivity contribution in [3.8, 4) is 5.75 Å². The van der Waals surface area contributed by atoms with Crippen molar-refractivity contribution >= 4 is 5.78 Å². The molecule has 1 fully saturated rings. The molecule has 1 saturated heterocycles. The number of hydrogen-bond acceptors (Lipinski definition) is 3. The van der Waals surface area contributed by atoms with Crippen LogP contribution in [-0.2, 0) is 4.79 Å². The molecule has 2 unspecified atom stereocenters. The number of ether oxygens (including phenoxy) is 1. The van der Waals surface area contributed by atoms with Crippen molar-refractivity contribution in [1.29, 1.82) is 0 Å². The highest BCUT2D eigenvalue weighted by molar-refractivity contribution is 5.81. The summed E-state index contributed by atoms with van der Waals surface area (Å²) in [6, 6.07) is 8.70. The van der Waals surface area contributed by atoms with Crippen LogP contribution in [0.1, 0.15) is 31.4 Å². The number of para-hydroxylation sites is 1. The number of likely N-dealkylation sites (tertiary alicyclic amines) is 1. The molecular formula is C15H19NO2. The predicted octanol–water partition coefficient (Wildman–Crippen LogP) is 2.42. The molecule has 0 spiro atoms. The molecule has 1 aromatic carbocycles. The first kappa shape index (κ1) is 11.7. The molecule has 0 N–H and O–H groups in total. The van der Waals surface area contributed by atoms with Gasteiger partial charge in [-0.3, -0.25) is 9.69 Å². The van der Waals surface area contributed by atoms with Crippen molar-refractivity contribution in [2.24, 2.45) is 5.92 Å². The SMILES string of the molecule is CC1CN(C2CCOc3ccccc32)CCC1=O. The Morgan fingerprint density at radius 2 is 2.17 bits per heavy atom. The normalized spacial score (nSPS) is 28.6. The summed E-state index contributed by atoms with van der Waals surface area (Å²) in [5.74, 6) is 1.60. The highest BCUT2D eigenvalue weighted by Crippen LogP contribution is 2.37. The third kappa shape index (κ3) is 2.03. The Morgan fingerprint density at radius 3 is 3.00 bits per heavy atom. The van der Waals surface area contributed by atoms with E-state index in [0.29, 0.717) is 18.2 Å². The molecule has 0 bridgehead atoms. The van der Waals surface area contributed by atoms with E-state index < -0.39 is 0 Å². The van der Waals surface area contributed by atoms with Crippen molar-refractivity contribution < 1.29 is 9.53 Å². The number of benzene rings is 1. The zero-order chi connectivity index (χ0) is 12.5. The highest BCUT2D eigenvalue weighted by atomic mass is 16.5. The Morgan fingerprint density at radius 1 is 1.33 bits per heavy atom. The van der Waals surface area contributed by atoms with Crippen LogP contribution >= 0.6 is 0 Å². The summed E-state index contributed by atoms with van der Waals surface area (Å²) in [7, 11) is 0. The van der Waals surface area contributed by atoms with E-state index in [1.165, 1.54) is 5.56 Å². The lowest BCUT2D eigenvalue weighted by Gasteiger charge is -2.39. The van der Waals surface area contributed by atoms with E-state index >= 15 is 0 Å². The van der Waals surface area contributed by atoms with Crippen LogP contribution < -0.4 is 4.74 Å². The fourth-order valence-electron chi connectivity index (χ4n) is 3.03. The lowest BCUT2D eigenvalue weighted by atomic mass is 9.92. The third-order valence-corrected chi connectivity index (χ3v) is 4.07. The molecule has 2 atom stereocenters. The quantitative estimate of drug-likeness (QED) is 0.761. The van der Waals surface area contributed by atoms with E-state index in [2.05, 4.69) is 17.0 Å². The molecule has 2 heterocycles. The summed E-state index contributed by atoms with van der Waals surface area (Å²) in [4.78, 5) is 14.1. The number of nitrogens with zero attached hydrogens (tertiary/aromatic N) is 1. The number of carbonyl (C=O) groups is 1. The minimum Gasteiger partial charge on any atom is -0.493 e. The van der Waals surface area contributed by atoms with Gasteiger partial charge in [-0.05, 0) is 6.07 Å². The van der Waals surface area contributed by atoms with Gasteiger partial charge in [-0.2, -0.15) is 0 Å². The van der Waals surface area contributed by atoms with Gasteiger partial charge in [0, 0.05) is 43.5 Å². The molecule has 0 radical (unpaired) electrons. The van der Waals surface area contributed by atoms with Crippen molar-refractivity contribution in [3.63, 3.8) is 0 Å². The minimum absolute atomic E-state index is 0.175. The fraction of sp³-hybridized carbons (Fsp3) is 0.533. The second kappa shape index (κ2) is 4.73. The molecule has 0 saturated carbocycles. The summed E-state index contributed by atoms with van der Waals surface area (Å²) in [5, 5.41) is 0. The molecule has 0 aromatic heterocycles. The third-order valence-electron chi connectivity index (χ3n) is 4.07. The molecule has 96 valence electrons. The monoisotopic (exact) mass is 245 g/mol. The Hall–Kier alpha value is -1.35. The van der Waals surface area contributed by atoms with Gasteiger partial charge in [0.1, 0.15) is 11.5 Å². The standard InChI is InChI=1S/C15H19NO2/c1-11-10-16(8-6-14(11)17)13-7-9-18-15-5-3-2-4-12(13)15/h2-5,11,13H,6-10H2,1H3. The lowest BCUT2D eigenvalue weighted by molar-refractivity contribution is -0.126. The van der Waals surface area contributed by atoms with Crippen molar-refractivity contribution in [1.82, 2.24) is 4.90 Å². The van der Waals surface area contributed by atoms with Crippen LogP contribution in [-0.4, -0.2) is 30.4 Å². The van der Waals surface area contributed by atoms with Crippen LogP contribution in [0, 0.1) is 5.92 Å². The zero-order valence-electron chi connectivity index (χ0n) is 10.8. The van der Waals surface area contributed by atoms with E-state index in [0.717, 1.165) is 31.9 Å². The number of piperidine rings is 1. The largest absolute Gasteiger partial charge is 0.493 e. The van der Waals surface area contributed by atoms with Crippen LogP contribution in [0.5, 0.6) is 5.75 Å². The van der Waals surface area contributed by atoms with Gasteiger partial charge in [-0.15, -0.1) is 0 Å². The van der Waals surface area contributed by atoms with Crippen LogP contribution in [0.25, 0.3) is 0 Å². The first-order valence-electron chi connectivity index (χ1n) is 6.74. The van der Waals surface area contributed by atoms with E-state index in [1.54, 1.807) is 0 Å². The summed E-state index contributed by atoms with van der Waals surface area (Å²) < 4.78 is 5.70. The maximum atomic E-state index is 11.6. The Labute approximate surface area is 108 Å². The van der Waals surface area contributed by atoms with Crippen molar-refractivity contribution in [3.05, 3.63) is 29.8 Å². The second-order valence-electron chi connectivity index (χ2n) is 5.30. The van der Waals surface area contributed by atoms with Crippen molar-refractivity contribution in [2.75, 3.05) is 19.7 Å². The van der Waals surface area contributed by atoms with Crippen LogP contribution in [0.3, 0.4) is 0 Å². The summed E-state index contributed by atoms with van der Waals surface area (Å²) in [6.07, 6.45) is 1.72. The van der Waals surface area contributed by atoms with Gasteiger partial charge in [0.05, 0.1) is 6.61 Å². The van der Waals surface area contributed by atoms with Crippen molar-refractivity contribution in [2.45, 2.75) is 25.8 Å². The maximum Gasteiger partial charge on any atom is 0.138 e. The van der Waals surface area contributed by atoms with Gasteiger partial charge in [-0.1, -0.05) is 25.1 Å². The molecule has 2 aliphatic heterocycles. The smallest absolute Gasteiger partial charge is 0.138 e. The zero-order valence-corrected chi connectivity index (χ0v) is 10.8. The average molecular weight is 245 g/mol. The second-order valence-corrected chi connectivity index (χ2v) is 5.30. The number of ketones is 1. The highest BCUT2D eigenvalue weighted by Gasteiger charge is 2.32. The van der Waals surface area contributed by atoms with Gasteiger partial charge >= 0.3 is 0 Å². The van der Waals surface area contributed by atoms with Crippen LogP contribution in [0.4, 0.5) is 0 Å². The van der Waals surface area contributed by atoms with Gasteiger partial charge in [-0.25, -0.2) is 0 Å². The fourth-order valence-corrected chi connectivity index (χ4v) is 3.03. The molecule has 3 heteroatoms. The summed E-state index contributed by atoms with van der Waals surface area (Å²) in [5.41, 5.74) is 1.28. The molecule has 3 nitrogen and oxygen atoms in total. The number of rotatable bonds is 1. The van der Waals surface area contributed by atoms with E-state index in [4.69, 9.17) is 4.74 Å². The Balaban J connectivity index is 1.83. The first-order chi connectivity index (χ1) is 8.75. The van der Waals surface area contributed by atoms with Crippen LogP contribution in [0.2, 0.25) is 0 Å². The molecule has 3 rings (SSSR count). The Kier molecular flexibility index (Phi) is 3.08. The number of carbonyl (C=O) groups excluding carboxylic acids is 1. The molecule has 0 amide bonds. The maximum absolute atomic E-state index is 11.6. The van der Waals surface area contributed by atoms with E-state index in [-0.39, 0.29) is 5.92 Å². The molecule has 2 aliphatic rings. The molecule has 0 aliphatic carbocycles. The van der Waals surface area contributed by atoms with Crippen LogP contribution in [0.15, 0.2) is 24.3 Å². The van der Waals surface area contributed by atoms with Gasteiger partial charge in [0.25, 0.3) is 0 Å². The van der Waals surface area contributed by atoms with Gasteiger partial charge < -0.3 is 4.74 Å². The molecular weight excluding hydrogens is 226 g/mol. The lowest BCUT2D eigenvalue weighted by Crippen LogP contribution is -2.43. The number of hydrogen-bond donors (Lipinski definition) is 0. The minimum atomic E-state index is 0.175. The van der Waals surface area contributed by atoms with Gasteiger partial charge in [0.15, 0.2) is 0 Å². The first-order valence-corrected chi connectivity index (χ1v) is 6.74. The summed E-state index contributed by atoms with van der Waals surface area (Å²) in [6.45, 7) is 4.60. The van der Waals surface area contributed by atoms with E-state index in [9.17, 15) is 4.79 Å². The Bertz CT molecular complexity index is 458.